The normalized spacial score (nSPS) is 10.9. The lowest BCUT2D eigenvalue weighted by molar-refractivity contribution is -0.141. The van der Waals surface area contributed by atoms with Crippen LogP contribution in [0.5, 0.6) is 5.75 Å². The summed E-state index contributed by atoms with van der Waals surface area (Å²) in [5.41, 5.74) is 2.70. The second kappa shape index (κ2) is 8.84. The molecule has 0 unspecified atom stereocenters. The van der Waals surface area contributed by atoms with Crippen LogP contribution in [0, 0.1) is 13.8 Å². The number of carbonyl (C=O) groups is 1. The van der Waals surface area contributed by atoms with Crippen molar-refractivity contribution >= 4 is 44.6 Å². The lowest BCUT2D eigenvalue weighted by Crippen LogP contribution is -2.09. The molecule has 146 valence electrons. The summed E-state index contributed by atoms with van der Waals surface area (Å²) in [6, 6.07) is 10.6. The molecule has 0 amide bonds. The van der Waals surface area contributed by atoms with Crippen LogP contribution >= 0.6 is 27.7 Å². The smallest absolute Gasteiger partial charge is 0.336 e. The Morgan fingerprint density at radius 2 is 1.93 bits per heavy atom. The first-order chi connectivity index (χ1) is 13.4. The Labute approximate surface area is 175 Å². The summed E-state index contributed by atoms with van der Waals surface area (Å²) in [6.45, 7) is 4.01. The van der Waals surface area contributed by atoms with E-state index in [1.807, 2.05) is 26.0 Å². The number of hydrogen-bond acceptors (Lipinski definition) is 6. The van der Waals surface area contributed by atoms with Crippen molar-refractivity contribution in [2.75, 3.05) is 12.9 Å². The highest BCUT2D eigenvalue weighted by Crippen LogP contribution is 2.28. The monoisotopic (exact) mass is 462 g/mol. The molecule has 5 nitrogen and oxygen atoms in total. The topological polar surface area (TPSA) is 65.7 Å². The molecule has 0 atom stereocenters. The number of halogens is 1. The van der Waals surface area contributed by atoms with Gasteiger partial charge in [0.05, 0.1) is 12.9 Å². The molecule has 3 rings (SSSR count). The van der Waals surface area contributed by atoms with Gasteiger partial charge in [0.2, 0.25) is 0 Å². The molecule has 1 aromatic heterocycles. The Morgan fingerprint density at radius 1 is 1.14 bits per heavy atom. The van der Waals surface area contributed by atoms with E-state index in [0.29, 0.717) is 22.3 Å². The van der Waals surface area contributed by atoms with Gasteiger partial charge in [-0.05, 0) is 49.2 Å². The highest BCUT2D eigenvalue weighted by Gasteiger charge is 2.11. The average molecular weight is 463 g/mol. The van der Waals surface area contributed by atoms with Crippen LogP contribution in [-0.4, -0.2) is 18.8 Å². The van der Waals surface area contributed by atoms with E-state index >= 15 is 0 Å². The molecule has 0 aliphatic rings. The van der Waals surface area contributed by atoms with Gasteiger partial charge in [0.25, 0.3) is 0 Å². The first-order valence-electron chi connectivity index (χ1n) is 8.53. The highest BCUT2D eigenvalue weighted by molar-refractivity contribution is 9.10. The summed E-state index contributed by atoms with van der Waals surface area (Å²) >= 11 is 4.94. The summed E-state index contributed by atoms with van der Waals surface area (Å²) in [6.07, 6.45) is 0. The van der Waals surface area contributed by atoms with Gasteiger partial charge in [0, 0.05) is 32.5 Å². The Kier molecular flexibility index (Phi) is 6.46. The minimum absolute atomic E-state index is 0.00612. The standard InChI is InChI=1S/C21H19BrO5S/c1-12-7-19(13(2)6-17(12)22)28-11-21(24)26-10-14-8-20(23)27-18-9-15(25-3)4-5-16(14)18/h4-9H,10-11H2,1-3H3. The fraction of sp³-hybridized carbons (Fsp3) is 0.238. The van der Waals surface area contributed by atoms with Crippen LogP contribution in [0.3, 0.4) is 0 Å². The number of hydrogen-bond donors (Lipinski definition) is 0. The molecule has 28 heavy (non-hydrogen) atoms. The van der Waals surface area contributed by atoms with E-state index in [4.69, 9.17) is 13.9 Å². The Hall–Kier alpha value is -2.25. The molecule has 2 aromatic carbocycles. The van der Waals surface area contributed by atoms with Crippen molar-refractivity contribution in [3.8, 4) is 5.75 Å². The number of benzene rings is 2. The van der Waals surface area contributed by atoms with Crippen molar-refractivity contribution < 1.29 is 18.7 Å². The van der Waals surface area contributed by atoms with Gasteiger partial charge in [-0.1, -0.05) is 15.9 Å². The second-order valence-corrected chi connectivity index (χ2v) is 8.14. The predicted octanol–water partition coefficient (Wildman–Crippen LogP) is 5.02. The van der Waals surface area contributed by atoms with E-state index in [1.165, 1.54) is 24.9 Å². The van der Waals surface area contributed by atoms with Crippen molar-refractivity contribution in [3.05, 3.63) is 68.0 Å². The van der Waals surface area contributed by atoms with Gasteiger partial charge in [-0.15, -0.1) is 11.8 Å². The van der Waals surface area contributed by atoms with Crippen LogP contribution in [0.25, 0.3) is 11.0 Å². The van der Waals surface area contributed by atoms with Gasteiger partial charge in [-0.25, -0.2) is 4.79 Å². The molecule has 0 aliphatic heterocycles. The number of esters is 1. The van der Waals surface area contributed by atoms with Crippen LogP contribution in [0.4, 0.5) is 0 Å². The van der Waals surface area contributed by atoms with Gasteiger partial charge in [0.1, 0.15) is 17.9 Å². The van der Waals surface area contributed by atoms with Crippen LogP contribution < -0.4 is 10.4 Å². The van der Waals surface area contributed by atoms with Gasteiger partial charge in [-0.2, -0.15) is 0 Å². The number of thioether (sulfide) groups is 1. The van der Waals surface area contributed by atoms with E-state index in [0.717, 1.165) is 20.5 Å². The molecule has 0 saturated carbocycles. The molecule has 1 heterocycles. The van der Waals surface area contributed by atoms with Crippen molar-refractivity contribution in [1.29, 1.82) is 0 Å². The molecule has 0 radical (unpaired) electrons. The molecule has 3 aromatic rings. The molecule has 0 spiro atoms. The first kappa shape index (κ1) is 20.5. The molecule has 0 N–H and O–H groups in total. The fourth-order valence-electron chi connectivity index (χ4n) is 2.70. The molecule has 0 fully saturated rings. The van der Waals surface area contributed by atoms with Crippen molar-refractivity contribution in [2.45, 2.75) is 25.3 Å². The van der Waals surface area contributed by atoms with E-state index in [2.05, 4.69) is 15.9 Å². The maximum atomic E-state index is 12.2. The maximum Gasteiger partial charge on any atom is 0.336 e. The summed E-state index contributed by atoms with van der Waals surface area (Å²) < 4.78 is 16.8. The van der Waals surface area contributed by atoms with E-state index in [-0.39, 0.29) is 18.3 Å². The number of rotatable bonds is 6. The minimum Gasteiger partial charge on any atom is -0.497 e. The molecule has 7 heteroatoms. The van der Waals surface area contributed by atoms with E-state index in [9.17, 15) is 9.59 Å². The number of ether oxygens (including phenoxy) is 2. The van der Waals surface area contributed by atoms with Crippen molar-refractivity contribution in [2.24, 2.45) is 0 Å². The average Bonchev–Trinajstić information content (AvgIpc) is 2.67. The Bertz CT molecular complexity index is 1090. The van der Waals surface area contributed by atoms with Crippen LogP contribution in [0.1, 0.15) is 16.7 Å². The second-order valence-electron chi connectivity index (χ2n) is 6.27. The number of aryl methyl sites for hydroxylation is 2. The lowest BCUT2D eigenvalue weighted by Gasteiger charge is -2.10. The minimum atomic E-state index is -0.498. The first-order valence-corrected chi connectivity index (χ1v) is 10.3. The molecule has 0 saturated heterocycles. The van der Waals surface area contributed by atoms with E-state index in [1.54, 1.807) is 18.2 Å². The maximum absolute atomic E-state index is 12.2. The van der Waals surface area contributed by atoms with Crippen LogP contribution in [0.2, 0.25) is 0 Å². The summed E-state index contributed by atoms with van der Waals surface area (Å²) in [4.78, 5) is 25.0. The van der Waals surface area contributed by atoms with Crippen molar-refractivity contribution in [1.82, 2.24) is 0 Å². The quantitative estimate of drug-likeness (QED) is 0.291. The third-order valence-corrected chi connectivity index (χ3v) is 6.21. The molecular weight excluding hydrogens is 444 g/mol. The van der Waals surface area contributed by atoms with Gasteiger partial charge in [-0.3, -0.25) is 4.79 Å². The summed E-state index contributed by atoms with van der Waals surface area (Å²) in [5.74, 6) is 0.427. The Balaban J connectivity index is 1.68. The van der Waals surface area contributed by atoms with Crippen molar-refractivity contribution in [3.63, 3.8) is 0 Å². The molecule has 0 aliphatic carbocycles. The lowest BCUT2D eigenvalue weighted by atomic mass is 10.1. The number of carbonyl (C=O) groups excluding carboxylic acids is 1. The highest BCUT2D eigenvalue weighted by atomic mass is 79.9. The fourth-order valence-corrected chi connectivity index (χ4v) is 4.06. The summed E-state index contributed by atoms with van der Waals surface area (Å²) in [5, 5.41) is 0.709. The van der Waals surface area contributed by atoms with Crippen LogP contribution in [0.15, 0.2) is 55.0 Å². The van der Waals surface area contributed by atoms with Gasteiger partial charge >= 0.3 is 11.6 Å². The molecule has 0 bridgehead atoms. The zero-order valence-corrected chi connectivity index (χ0v) is 18.1. The molecular formula is C21H19BrO5S. The third kappa shape index (κ3) is 4.77. The van der Waals surface area contributed by atoms with Gasteiger partial charge < -0.3 is 13.9 Å². The zero-order chi connectivity index (χ0) is 20.3. The number of methoxy groups -OCH3 is 1. The third-order valence-electron chi connectivity index (χ3n) is 4.23. The largest absolute Gasteiger partial charge is 0.497 e. The van der Waals surface area contributed by atoms with Crippen LogP contribution in [-0.2, 0) is 16.1 Å². The van der Waals surface area contributed by atoms with Gasteiger partial charge in [0.15, 0.2) is 0 Å². The summed E-state index contributed by atoms with van der Waals surface area (Å²) in [7, 11) is 1.54. The Morgan fingerprint density at radius 3 is 2.68 bits per heavy atom. The number of fused-ring (bicyclic) bond motifs is 1. The predicted molar refractivity (Wildman–Crippen MR) is 113 cm³/mol. The SMILES string of the molecule is COc1ccc2c(COC(=O)CSc3cc(C)c(Br)cc3C)cc(=O)oc2c1. The zero-order valence-electron chi connectivity index (χ0n) is 15.7. The van der Waals surface area contributed by atoms with E-state index < -0.39 is 5.63 Å².